The second-order valence-electron chi connectivity index (χ2n) is 23.4. The fourth-order valence-corrected chi connectivity index (χ4v) is 11.8. The second kappa shape index (κ2) is 34.3. The molecule has 8 rings (SSSR count). The van der Waals surface area contributed by atoms with E-state index in [9.17, 15) is 37.2 Å². The van der Waals surface area contributed by atoms with Gasteiger partial charge in [0.2, 0.25) is 17.7 Å². The molecule has 0 aliphatic heterocycles. The van der Waals surface area contributed by atoms with Gasteiger partial charge in [0.1, 0.15) is 0 Å². The molecule has 8 aliphatic rings. The van der Waals surface area contributed by atoms with E-state index in [4.69, 9.17) is 24.9 Å². The number of carboxylic acid groups (broad SMARTS) is 1. The fraction of sp³-hybridized carbons (Fsp3) is 0.891. The largest absolute Gasteiger partial charge is 1.00 e. The minimum Gasteiger partial charge on any atom is -1.00 e. The van der Waals surface area contributed by atoms with E-state index in [1.807, 2.05) is 0 Å². The SMILES string of the molecule is CC1CCC(N)CC1.CC1CCC(NC(=O)[C@@H]2CC[C@H]2CO)CC1.CC1CCC(NC(=O)[C@@H]2CC[C@H]2COS(C)(=O)=O)CC1.COC(=O)[C@@H]1CC[C@H]1C(=O)NC1CCC(C)CC1.COC(=O)[C@@H]1CC[C@H]1C(=O)O.[B].[H-].[Li+]. The molecule has 0 saturated heterocycles. The molecule has 0 spiro atoms. The zero-order valence-corrected chi connectivity index (χ0v) is 47.9. The van der Waals surface area contributed by atoms with Crippen molar-refractivity contribution < 1.29 is 81.3 Å². The van der Waals surface area contributed by atoms with Crippen molar-refractivity contribution in [2.45, 2.75) is 206 Å². The van der Waals surface area contributed by atoms with Gasteiger partial charge in [0, 0.05) is 51.0 Å². The Bertz CT molecular complexity index is 1850. The molecule has 75 heavy (non-hydrogen) atoms. The number of amides is 3. The van der Waals surface area contributed by atoms with Crippen LogP contribution in [0.15, 0.2) is 0 Å². The Kier molecular flexibility index (Phi) is 31.3. The molecular weight excluding hydrogens is 974 g/mol. The van der Waals surface area contributed by atoms with Crippen molar-refractivity contribution in [1.29, 1.82) is 0 Å². The van der Waals surface area contributed by atoms with E-state index < -0.39 is 33.9 Å². The van der Waals surface area contributed by atoms with Gasteiger partial charge in [0.05, 0.1) is 50.8 Å². The number of ether oxygens (including phenoxy) is 2. The van der Waals surface area contributed by atoms with Crippen LogP contribution in [0.3, 0.4) is 0 Å². The molecule has 0 unspecified atom stereocenters. The van der Waals surface area contributed by atoms with E-state index >= 15 is 0 Å². The first-order valence-corrected chi connectivity index (χ1v) is 29.9. The molecular formula is C55H97BLiN4O13S. The van der Waals surface area contributed by atoms with Crippen LogP contribution in [0.1, 0.15) is 183 Å². The topological polar surface area (TPSA) is 267 Å². The molecule has 7 N–H and O–H groups in total. The van der Waals surface area contributed by atoms with Crippen molar-refractivity contribution in [1.82, 2.24) is 16.0 Å². The Hall–Kier alpha value is -2.69. The van der Waals surface area contributed by atoms with E-state index in [0.29, 0.717) is 37.0 Å². The molecule has 17 nitrogen and oxygen atoms in total. The van der Waals surface area contributed by atoms with Crippen LogP contribution in [0.25, 0.3) is 0 Å². The molecule has 8 aliphatic carbocycles. The summed E-state index contributed by atoms with van der Waals surface area (Å²) in [6.45, 7) is 9.41. The summed E-state index contributed by atoms with van der Waals surface area (Å²) in [5, 5.41) is 27.0. The molecule has 3 radical (unpaired) electrons. The van der Waals surface area contributed by atoms with Gasteiger partial charge in [0.15, 0.2) is 0 Å². The first kappa shape index (κ1) is 68.4. The molecule has 8 fully saturated rings. The monoisotopic (exact) mass is 1070 g/mol. The normalized spacial score (nSPS) is 34.4. The summed E-state index contributed by atoms with van der Waals surface area (Å²) in [4.78, 5) is 68.9. The number of esters is 2. The van der Waals surface area contributed by atoms with Crippen molar-refractivity contribution in [2.24, 2.45) is 76.7 Å². The number of aliphatic carboxylic acids is 1. The number of nitrogens with two attached hydrogens (primary N) is 1. The predicted octanol–water partition coefficient (Wildman–Crippen LogP) is 3.79. The first-order valence-electron chi connectivity index (χ1n) is 28.1. The van der Waals surface area contributed by atoms with E-state index in [1.54, 1.807) is 0 Å². The van der Waals surface area contributed by atoms with Crippen LogP contribution < -0.4 is 40.5 Å². The Morgan fingerprint density at radius 3 is 1.07 bits per heavy atom. The number of carbonyl (C=O) groups is 6. The minimum absolute atomic E-state index is 0. The van der Waals surface area contributed by atoms with Crippen LogP contribution in [0, 0.1) is 71.0 Å². The Morgan fingerprint density at radius 2 is 0.800 bits per heavy atom. The molecule has 0 aromatic carbocycles. The van der Waals surface area contributed by atoms with Crippen LogP contribution in [-0.4, -0.2) is 121 Å². The quantitative estimate of drug-likeness (QED) is 0.0871. The smallest absolute Gasteiger partial charge is 1.00 e. The number of rotatable bonds is 13. The van der Waals surface area contributed by atoms with Crippen molar-refractivity contribution in [2.75, 3.05) is 33.7 Å². The zero-order valence-electron chi connectivity index (χ0n) is 48.1. The second-order valence-corrected chi connectivity index (χ2v) is 25.1. The van der Waals surface area contributed by atoms with Gasteiger partial charge in [-0.1, -0.05) is 27.7 Å². The van der Waals surface area contributed by atoms with Gasteiger partial charge in [-0.15, -0.1) is 0 Å². The fourth-order valence-electron chi connectivity index (χ4n) is 11.4. The predicted molar refractivity (Wildman–Crippen MR) is 286 cm³/mol. The van der Waals surface area contributed by atoms with Crippen LogP contribution in [-0.2, 0) is 52.5 Å². The summed E-state index contributed by atoms with van der Waals surface area (Å²) in [7, 11) is -0.745. The zero-order chi connectivity index (χ0) is 53.8. The Balaban J connectivity index is 0.000000484. The van der Waals surface area contributed by atoms with Gasteiger partial charge >= 0.3 is 36.8 Å². The molecule has 0 aromatic rings. The average Bonchev–Trinajstić information content (AvgIpc) is 3.28. The molecule has 0 bridgehead atoms. The van der Waals surface area contributed by atoms with Gasteiger partial charge in [0.25, 0.3) is 10.1 Å². The van der Waals surface area contributed by atoms with Crippen LogP contribution in [0.2, 0.25) is 0 Å². The third-order valence-electron chi connectivity index (χ3n) is 17.6. The number of aliphatic hydroxyl groups excluding tert-OH is 1. The molecule has 0 aromatic heterocycles. The van der Waals surface area contributed by atoms with E-state index in [-0.39, 0.29) is 101 Å². The maximum atomic E-state index is 12.2. The Morgan fingerprint density at radius 1 is 0.493 bits per heavy atom. The van der Waals surface area contributed by atoms with E-state index in [2.05, 4.69) is 48.4 Å². The Labute approximate surface area is 465 Å². The number of carbonyl (C=O) groups excluding carboxylic acids is 5. The number of hydrogen-bond acceptors (Lipinski definition) is 13. The maximum absolute atomic E-state index is 12.2. The third kappa shape index (κ3) is 23.3. The van der Waals surface area contributed by atoms with Crippen LogP contribution in [0.5, 0.6) is 0 Å². The van der Waals surface area contributed by atoms with Crippen LogP contribution in [0.4, 0.5) is 0 Å². The van der Waals surface area contributed by atoms with Gasteiger partial charge in [-0.05, 0) is 190 Å². The van der Waals surface area contributed by atoms with Crippen molar-refractivity contribution >= 4 is 54.2 Å². The van der Waals surface area contributed by atoms with Gasteiger partial charge in [-0.2, -0.15) is 8.42 Å². The maximum Gasteiger partial charge on any atom is 1.00 e. The standard InChI is InChI=1S/C14H25NO4S.C14H23NO3.C13H23NO2.C7H15N.C7H10O4.B.Li.H/c1-10-3-6-12(7-4-10)15-14(16)13-8-5-11(13)9-19-20(2,17)18;1-9-3-5-10(6-4-9)15-13(16)11-7-8-12(11)14(17)18-2;1-9-2-5-11(6-3-9)14-13(16)12-7-4-10(12)8-15;1-6-2-4-7(8)5-3-6;1-11-7(10)5-3-2-4(5)6(8)9;;;/h10-13H,3-9H2,1-2H3,(H,15,16);9-12H,3-8H2,1-2H3,(H,15,16);9-12,15H,2-8H2,1H3,(H,14,16);6-7H,2-5,8H2,1H3;4-5H,2-3H2,1H3,(H,8,9);;;/q;;;;;;+1;-1/t10?,11-,12?,13+;9?,10?,11-,12-;9?,10-,11?,12+;;4-,5-;;;/m010.1.../s1. The van der Waals surface area contributed by atoms with E-state index in [0.717, 1.165) is 107 Å². The first-order chi connectivity index (χ1) is 34.6. The molecule has 0 heterocycles. The van der Waals surface area contributed by atoms with Crippen molar-refractivity contribution in [3.63, 3.8) is 0 Å². The summed E-state index contributed by atoms with van der Waals surface area (Å²) >= 11 is 0. The molecule has 20 heteroatoms. The van der Waals surface area contributed by atoms with Gasteiger partial charge < -0.3 is 42.8 Å². The number of hydrogen-bond donors (Lipinski definition) is 6. The number of aliphatic hydroxyl groups is 1. The summed E-state index contributed by atoms with van der Waals surface area (Å²) in [6, 6.07) is 1.53. The number of methoxy groups -OCH3 is 2. The summed E-state index contributed by atoms with van der Waals surface area (Å²) < 4.78 is 35.9. The number of carboxylic acids is 1. The van der Waals surface area contributed by atoms with E-state index in [1.165, 1.54) is 78.4 Å². The van der Waals surface area contributed by atoms with Gasteiger partial charge in [-0.25, -0.2) is 0 Å². The number of nitrogens with one attached hydrogen (secondary N) is 3. The summed E-state index contributed by atoms with van der Waals surface area (Å²) in [5.41, 5.74) is 5.70. The summed E-state index contributed by atoms with van der Waals surface area (Å²) in [6.07, 6.45) is 26.5. The molecule has 3 amide bonds. The third-order valence-corrected chi connectivity index (χ3v) is 18.2. The summed E-state index contributed by atoms with van der Waals surface area (Å²) in [5.74, 6) is 1.10. The minimum atomic E-state index is -3.41. The van der Waals surface area contributed by atoms with Crippen molar-refractivity contribution in [3.05, 3.63) is 0 Å². The van der Waals surface area contributed by atoms with Crippen molar-refractivity contribution in [3.8, 4) is 0 Å². The molecule has 8 saturated carbocycles. The van der Waals surface area contributed by atoms with Gasteiger partial charge in [-0.3, -0.25) is 33.0 Å². The molecule has 8 atom stereocenters. The average molecular weight is 1070 g/mol. The van der Waals surface area contributed by atoms with Crippen LogP contribution >= 0.6 is 0 Å². The molecule has 425 valence electrons.